The van der Waals surface area contributed by atoms with Gasteiger partial charge in [-0.3, -0.25) is 10.1 Å². The van der Waals surface area contributed by atoms with Gasteiger partial charge in [0.1, 0.15) is 0 Å². The van der Waals surface area contributed by atoms with Gasteiger partial charge in [-0.25, -0.2) is 9.78 Å². The van der Waals surface area contributed by atoms with Crippen molar-refractivity contribution < 1.29 is 18.0 Å². The molecule has 2 saturated heterocycles. The molecule has 1 atom stereocenters. The monoisotopic (exact) mass is 476 g/mol. The smallest absolute Gasteiger partial charge is 0.324 e. The summed E-state index contributed by atoms with van der Waals surface area (Å²) in [6.07, 6.45) is 2.09. The second kappa shape index (κ2) is 8.53. The number of aromatic amines is 1. The standard InChI is InChI=1S/C24H31F3N6O/c1-15(2)5-18-7-20(31-30-18)17-3-4-32(12-17)22(34)33-13-23(14-33)8-16(9-23)6-19-10-29-21(11-28-19)24(25,26)27/h7,10-11,15-17H,3-6,8-9,12-14H2,1-2H3,(H,30,31). The quantitative estimate of drug-likeness (QED) is 0.699. The van der Waals surface area contributed by atoms with Crippen molar-refractivity contribution in [3.05, 3.63) is 41.2 Å². The van der Waals surface area contributed by atoms with Crippen LogP contribution in [0.3, 0.4) is 0 Å². The van der Waals surface area contributed by atoms with Crippen molar-refractivity contribution in [2.24, 2.45) is 17.3 Å². The van der Waals surface area contributed by atoms with E-state index in [9.17, 15) is 18.0 Å². The van der Waals surface area contributed by atoms with Gasteiger partial charge in [0.05, 0.1) is 17.6 Å². The molecule has 0 radical (unpaired) electrons. The van der Waals surface area contributed by atoms with Crippen molar-refractivity contribution in [2.45, 2.75) is 58.0 Å². The van der Waals surface area contributed by atoms with Crippen molar-refractivity contribution in [3.8, 4) is 0 Å². The van der Waals surface area contributed by atoms with Crippen LogP contribution in [0, 0.1) is 17.3 Å². The highest BCUT2D eigenvalue weighted by molar-refractivity contribution is 5.76. The predicted octanol–water partition coefficient (Wildman–Crippen LogP) is 4.28. The molecule has 1 aliphatic carbocycles. The van der Waals surface area contributed by atoms with E-state index in [0.29, 0.717) is 29.9 Å². The molecule has 2 aromatic rings. The summed E-state index contributed by atoms with van der Waals surface area (Å²) >= 11 is 0. The number of urea groups is 1. The minimum Gasteiger partial charge on any atom is -0.324 e. The zero-order valence-electron chi connectivity index (χ0n) is 19.6. The molecule has 1 N–H and O–H groups in total. The Bertz CT molecular complexity index is 1020. The first-order valence-corrected chi connectivity index (χ1v) is 12.1. The average molecular weight is 477 g/mol. The Morgan fingerprint density at radius 2 is 1.94 bits per heavy atom. The molecule has 1 spiro atoms. The second-order valence-electron chi connectivity index (χ2n) is 10.9. The third-order valence-corrected chi connectivity index (χ3v) is 7.43. The highest BCUT2D eigenvalue weighted by atomic mass is 19.4. The van der Waals surface area contributed by atoms with Gasteiger partial charge in [0.15, 0.2) is 5.69 Å². The Hall–Kier alpha value is -2.65. The number of nitrogens with one attached hydrogen (secondary N) is 1. The number of nitrogens with zero attached hydrogens (tertiary/aromatic N) is 5. The summed E-state index contributed by atoms with van der Waals surface area (Å²) in [6, 6.07) is 2.26. The highest BCUT2D eigenvalue weighted by Crippen LogP contribution is 2.53. The molecule has 3 fully saturated rings. The van der Waals surface area contributed by atoms with Crippen molar-refractivity contribution in [1.82, 2.24) is 30.0 Å². The number of likely N-dealkylation sites (tertiary alicyclic amines) is 2. The van der Waals surface area contributed by atoms with Crippen LogP contribution in [0.1, 0.15) is 61.8 Å². The van der Waals surface area contributed by atoms with E-state index in [4.69, 9.17) is 0 Å². The van der Waals surface area contributed by atoms with E-state index in [1.807, 2.05) is 9.80 Å². The van der Waals surface area contributed by atoms with Crippen LogP contribution in [-0.4, -0.2) is 62.2 Å². The van der Waals surface area contributed by atoms with E-state index in [0.717, 1.165) is 69.4 Å². The fourth-order valence-electron chi connectivity index (χ4n) is 5.87. The fraction of sp³-hybridized carbons (Fsp3) is 0.667. The predicted molar refractivity (Wildman–Crippen MR) is 119 cm³/mol. The number of H-pyrrole nitrogens is 1. The summed E-state index contributed by atoms with van der Waals surface area (Å²) in [5.41, 5.74) is 2.02. The van der Waals surface area contributed by atoms with Crippen molar-refractivity contribution in [3.63, 3.8) is 0 Å². The number of carbonyl (C=O) groups excluding carboxylic acids is 1. The van der Waals surface area contributed by atoms with Gasteiger partial charge in [0, 0.05) is 49.4 Å². The van der Waals surface area contributed by atoms with Gasteiger partial charge in [0.2, 0.25) is 0 Å². The van der Waals surface area contributed by atoms with Crippen LogP contribution in [0.5, 0.6) is 0 Å². The minimum atomic E-state index is -4.46. The maximum absolute atomic E-state index is 13.0. The van der Waals surface area contributed by atoms with Gasteiger partial charge in [0.25, 0.3) is 0 Å². The van der Waals surface area contributed by atoms with Crippen LogP contribution in [0.25, 0.3) is 0 Å². The third kappa shape index (κ3) is 4.63. The largest absolute Gasteiger partial charge is 0.434 e. The normalized spacial score (nSPS) is 22.4. The van der Waals surface area contributed by atoms with Crippen LogP contribution in [0.15, 0.2) is 18.5 Å². The van der Waals surface area contributed by atoms with E-state index in [2.05, 4.69) is 40.1 Å². The number of amides is 2. The van der Waals surface area contributed by atoms with Crippen molar-refractivity contribution in [2.75, 3.05) is 26.2 Å². The lowest BCUT2D eigenvalue weighted by molar-refractivity contribution is -0.141. The molecule has 34 heavy (non-hydrogen) atoms. The number of hydrogen-bond donors (Lipinski definition) is 1. The summed E-state index contributed by atoms with van der Waals surface area (Å²) in [5, 5.41) is 7.60. The number of carbonyl (C=O) groups is 1. The molecule has 0 bridgehead atoms. The van der Waals surface area contributed by atoms with Crippen LogP contribution < -0.4 is 0 Å². The first-order valence-electron chi connectivity index (χ1n) is 12.1. The van der Waals surface area contributed by atoms with Gasteiger partial charge < -0.3 is 9.80 Å². The van der Waals surface area contributed by atoms with Crippen LogP contribution in [0.2, 0.25) is 0 Å². The molecule has 1 unspecified atom stereocenters. The molecule has 10 heteroatoms. The fourth-order valence-corrected chi connectivity index (χ4v) is 5.87. The number of aromatic nitrogens is 4. The molecule has 3 aliphatic rings. The Morgan fingerprint density at radius 3 is 2.59 bits per heavy atom. The Balaban J connectivity index is 1.06. The Morgan fingerprint density at radius 1 is 1.18 bits per heavy atom. The second-order valence-corrected chi connectivity index (χ2v) is 10.9. The molecule has 2 amide bonds. The zero-order chi connectivity index (χ0) is 24.1. The summed E-state index contributed by atoms with van der Waals surface area (Å²) in [7, 11) is 0. The van der Waals surface area contributed by atoms with Crippen molar-refractivity contribution >= 4 is 6.03 Å². The lowest BCUT2D eigenvalue weighted by Crippen LogP contribution is -2.65. The van der Waals surface area contributed by atoms with Gasteiger partial charge in [-0.2, -0.15) is 18.3 Å². The number of halogens is 3. The molecular weight excluding hydrogens is 445 g/mol. The van der Waals surface area contributed by atoms with E-state index in [1.54, 1.807) is 0 Å². The zero-order valence-corrected chi connectivity index (χ0v) is 19.6. The van der Waals surface area contributed by atoms with Crippen LogP contribution in [0.4, 0.5) is 18.0 Å². The molecule has 1 saturated carbocycles. The van der Waals surface area contributed by atoms with Gasteiger partial charge in [-0.1, -0.05) is 13.8 Å². The van der Waals surface area contributed by atoms with Crippen molar-refractivity contribution in [1.29, 1.82) is 0 Å². The maximum Gasteiger partial charge on any atom is 0.434 e. The maximum atomic E-state index is 13.0. The summed E-state index contributed by atoms with van der Waals surface area (Å²) in [5.74, 6) is 1.26. The average Bonchev–Trinajstić information content (AvgIpc) is 3.37. The number of rotatable bonds is 5. The number of alkyl halides is 3. The molecule has 2 aromatic heterocycles. The summed E-state index contributed by atoms with van der Waals surface area (Å²) < 4.78 is 37.9. The SMILES string of the molecule is CC(C)Cc1cc(C2CCN(C(=O)N3CC4(CC(Cc5cnc(C(F)(F)F)cn5)C4)C3)C2)[nH]n1. The lowest BCUT2D eigenvalue weighted by atomic mass is 9.57. The summed E-state index contributed by atoms with van der Waals surface area (Å²) in [4.78, 5) is 24.3. The molecule has 0 aromatic carbocycles. The van der Waals surface area contributed by atoms with Crippen LogP contribution in [-0.2, 0) is 19.0 Å². The minimum absolute atomic E-state index is 0.118. The van der Waals surface area contributed by atoms with Crippen LogP contribution >= 0.6 is 0 Å². The summed E-state index contributed by atoms with van der Waals surface area (Å²) in [6.45, 7) is 7.38. The lowest BCUT2D eigenvalue weighted by Gasteiger charge is -2.59. The molecule has 4 heterocycles. The van der Waals surface area contributed by atoms with E-state index < -0.39 is 11.9 Å². The molecule has 7 nitrogen and oxygen atoms in total. The number of hydrogen-bond acceptors (Lipinski definition) is 4. The Kier molecular flexibility index (Phi) is 5.80. The third-order valence-electron chi connectivity index (χ3n) is 7.43. The molecule has 2 aliphatic heterocycles. The molecule has 5 rings (SSSR count). The first kappa shape index (κ1) is 23.1. The van der Waals surface area contributed by atoms with Gasteiger partial charge >= 0.3 is 12.2 Å². The Labute approximate surface area is 197 Å². The topological polar surface area (TPSA) is 78.0 Å². The highest BCUT2D eigenvalue weighted by Gasteiger charge is 2.54. The van der Waals surface area contributed by atoms with E-state index in [-0.39, 0.29) is 11.4 Å². The van der Waals surface area contributed by atoms with Gasteiger partial charge in [-0.05, 0) is 50.0 Å². The molecular formula is C24H31F3N6O. The van der Waals surface area contributed by atoms with Gasteiger partial charge in [-0.15, -0.1) is 0 Å². The molecule has 184 valence electrons. The van der Waals surface area contributed by atoms with E-state index >= 15 is 0 Å². The van der Waals surface area contributed by atoms with E-state index in [1.165, 1.54) is 6.20 Å². The first-order chi connectivity index (χ1) is 16.1.